The largest absolute Gasteiger partial charge is 0.349 e. The van der Waals surface area contributed by atoms with Crippen LogP contribution >= 0.6 is 11.8 Å². The van der Waals surface area contributed by atoms with Crippen molar-refractivity contribution in [1.82, 2.24) is 20.5 Å². The summed E-state index contributed by atoms with van der Waals surface area (Å²) < 4.78 is 0. The molecular weight excluding hydrogens is 272 g/mol. The molecule has 1 unspecified atom stereocenters. The SMILES string of the molecule is CSc1ncccc1C(=O)NC(C)Cc1cc(C)[nH]n1. The molecule has 0 saturated carbocycles. The van der Waals surface area contributed by atoms with E-state index in [1.54, 1.807) is 18.3 Å². The molecule has 0 radical (unpaired) electrons. The number of hydrogen-bond acceptors (Lipinski definition) is 4. The Morgan fingerprint density at radius 1 is 1.55 bits per heavy atom. The third-order valence-electron chi connectivity index (χ3n) is 2.86. The van der Waals surface area contributed by atoms with Crippen LogP contribution in [0.2, 0.25) is 0 Å². The molecule has 2 aromatic heterocycles. The highest BCUT2D eigenvalue weighted by atomic mass is 32.2. The molecule has 6 heteroatoms. The molecule has 0 spiro atoms. The summed E-state index contributed by atoms with van der Waals surface area (Å²) >= 11 is 1.47. The number of thioether (sulfide) groups is 1. The molecule has 0 saturated heterocycles. The predicted octanol–water partition coefficient (Wildman–Crippen LogP) is 2.20. The number of aromatic nitrogens is 3. The van der Waals surface area contributed by atoms with Crippen molar-refractivity contribution in [2.45, 2.75) is 31.3 Å². The number of pyridine rings is 1. The maximum absolute atomic E-state index is 12.2. The first kappa shape index (κ1) is 14.6. The average molecular weight is 290 g/mol. The minimum Gasteiger partial charge on any atom is -0.349 e. The van der Waals surface area contributed by atoms with E-state index in [1.165, 1.54) is 11.8 Å². The first-order valence-corrected chi connectivity index (χ1v) is 7.63. The van der Waals surface area contributed by atoms with Gasteiger partial charge in [0, 0.05) is 24.4 Å². The second-order valence-electron chi connectivity index (χ2n) is 4.68. The highest BCUT2D eigenvalue weighted by Crippen LogP contribution is 2.16. The number of amides is 1. The van der Waals surface area contributed by atoms with E-state index in [-0.39, 0.29) is 11.9 Å². The lowest BCUT2D eigenvalue weighted by Gasteiger charge is -2.13. The van der Waals surface area contributed by atoms with Gasteiger partial charge in [0.05, 0.1) is 11.3 Å². The van der Waals surface area contributed by atoms with E-state index in [2.05, 4.69) is 20.5 Å². The molecule has 2 aromatic rings. The summed E-state index contributed by atoms with van der Waals surface area (Å²) in [7, 11) is 0. The van der Waals surface area contributed by atoms with Crippen molar-refractivity contribution < 1.29 is 4.79 Å². The fourth-order valence-corrected chi connectivity index (χ4v) is 2.52. The Morgan fingerprint density at radius 3 is 3.00 bits per heavy atom. The molecule has 0 fully saturated rings. The van der Waals surface area contributed by atoms with Gasteiger partial charge < -0.3 is 5.32 Å². The highest BCUT2D eigenvalue weighted by molar-refractivity contribution is 7.98. The third-order valence-corrected chi connectivity index (χ3v) is 3.57. The van der Waals surface area contributed by atoms with Crippen molar-refractivity contribution >= 4 is 17.7 Å². The van der Waals surface area contributed by atoms with Crippen molar-refractivity contribution in [3.05, 3.63) is 41.3 Å². The van der Waals surface area contributed by atoms with E-state index in [0.717, 1.165) is 16.4 Å². The molecule has 0 aliphatic carbocycles. The number of nitrogens with zero attached hydrogens (tertiary/aromatic N) is 2. The number of carbonyl (C=O) groups is 1. The number of aromatic amines is 1. The Hall–Kier alpha value is -1.82. The van der Waals surface area contributed by atoms with Crippen molar-refractivity contribution in [1.29, 1.82) is 0 Å². The van der Waals surface area contributed by atoms with Crippen LogP contribution in [0.3, 0.4) is 0 Å². The lowest BCUT2D eigenvalue weighted by atomic mass is 10.1. The maximum Gasteiger partial charge on any atom is 0.254 e. The van der Waals surface area contributed by atoms with Gasteiger partial charge in [-0.15, -0.1) is 11.8 Å². The van der Waals surface area contributed by atoms with Crippen LogP contribution in [0.4, 0.5) is 0 Å². The average Bonchev–Trinajstić information content (AvgIpc) is 2.83. The van der Waals surface area contributed by atoms with Gasteiger partial charge in [-0.05, 0) is 38.3 Å². The Balaban J connectivity index is 2.00. The van der Waals surface area contributed by atoms with E-state index in [0.29, 0.717) is 12.0 Å². The van der Waals surface area contributed by atoms with Crippen molar-refractivity contribution in [2.75, 3.05) is 6.26 Å². The first-order valence-electron chi connectivity index (χ1n) is 6.41. The molecule has 2 heterocycles. The van der Waals surface area contributed by atoms with Crippen LogP contribution in [0.15, 0.2) is 29.4 Å². The van der Waals surface area contributed by atoms with Crippen LogP contribution in [-0.2, 0) is 6.42 Å². The number of H-pyrrole nitrogens is 1. The number of rotatable bonds is 5. The Kier molecular flexibility index (Phi) is 4.79. The second-order valence-corrected chi connectivity index (χ2v) is 5.48. The van der Waals surface area contributed by atoms with Crippen LogP contribution in [0.5, 0.6) is 0 Å². The van der Waals surface area contributed by atoms with Gasteiger partial charge in [-0.3, -0.25) is 9.89 Å². The third kappa shape index (κ3) is 3.60. The molecule has 106 valence electrons. The van der Waals surface area contributed by atoms with Gasteiger partial charge in [0.15, 0.2) is 0 Å². The number of nitrogens with one attached hydrogen (secondary N) is 2. The molecule has 2 rings (SSSR count). The van der Waals surface area contributed by atoms with Crippen molar-refractivity contribution in [3.8, 4) is 0 Å². The topological polar surface area (TPSA) is 70.7 Å². The zero-order valence-corrected chi connectivity index (χ0v) is 12.6. The maximum atomic E-state index is 12.2. The minimum atomic E-state index is -0.0952. The molecule has 2 N–H and O–H groups in total. The predicted molar refractivity (Wildman–Crippen MR) is 80.0 cm³/mol. The van der Waals surface area contributed by atoms with Gasteiger partial charge in [-0.2, -0.15) is 5.10 Å². The standard InChI is InChI=1S/C14H18N4OS/c1-9(7-11-8-10(2)17-18-11)16-13(19)12-5-4-6-15-14(12)20-3/h4-6,8-9H,7H2,1-3H3,(H,16,19)(H,17,18). The van der Waals surface area contributed by atoms with E-state index in [1.807, 2.05) is 26.2 Å². The summed E-state index contributed by atoms with van der Waals surface area (Å²) in [4.78, 5) is 16.4. The van der Waals surface area contributed by atoms with E-state index in [9.17, 15) is 4.79 Å². The fourth-order valence-electron chi connectivity index (χ4n) is 1.97. The molecule has 0 aliphatic heterocycles. The summed E-state index contributed by atoms with van der Waals surface area (Å²) in [5, 5.41) is 10.8. The van der Waals surface area contributed by atoms with Gasteiger partial charge in [0.2, 0.25) is 0 Å². The van der Waals surface area contributed by atoms with Gasteiger partial charge in [0.1, 0.15) is 5.03 Å². The van der Waals surface area contributed by atoms with Crippen LogP contribution in [-0.4, -0.2) is 33.4 Å². The molecular formula is C14H18N4OS. The Bertz CT molecular complexity index is 596. The summed E-state index contributed by atoms with van der Waals surface area (Å²) in [5.74, 6) is -0.0952. The monoisotopic (exact) mass is 290 g/mol. The van der Waals surface area contributed by atoms with E-state index >= 15 is 0 Å². The number of aryl methyl sites for hydroxylation is 1. The molecule has 0 aliphatic rings. The van der Waals surface area contributed by atoms with Gasteiger partial charge in [-0.25, -0.2) is 4.98 Å². The molecule has 1 atom stereocenters. The van der Waals surface area contributed by atoms with Crippen LogP contribution in [0.1, 0.15) is 28.7 Å². The molecule has 20 heavy (non-hydrogen) atoms. The zero-order valence-electron chi connectivity index (χ0n) is 11.8. The summed E-state index contributed by atoms with van der Waals surface area (Å²) in [6, 6.07) is 5.57. The fraction of sp³-hybridized carbons (Fsp3) is 0.357. The number of hydrogen-bond donors (Lipinski definition) is 2. The van der Waals surface area contributed by atoms with E-state index in [4.69, 9.17) is 0 Å². The van der Waals surface area contributed by atoms with Crippen LogP contribution < -0.4 is 5.32 Å². The molecule has 1 amide bonds. The summed E-state index contributed by atoms with van der Waals surface area (Å²) in [6.07, 6.45) is 4.30. The van der Waals surface area contributed by atoms with Gasteiger partial charge in [0.25, 0.3) is 5.91 Å². The lowest BCUT2D eigenvalue weighted by molar-refractivity contribution is 0.0936. The van der Waals surface area contributed by atoms with Gasteiger partial charge in [-0.1, -0.05) is 0 Å². The van der Waals surface area contributed by atoms with Crippen LogP contribution in [0.25, 0.3) is 0 Å². The molecule has 0 aromatic carbocycles. The smallest absolute Gasteiger partial charge is 0.254 e. The Labute approximate surface area is 122 Å². The van der Waals surface area contributed by atoms with Crippen molar-refractivity contribution in [3.63, 3.8) is 0 Å². The molecule has 5 nitrogen and oxygen atoms in total. The van der Waals surface area contributed by atoms with Gasteiger partial charge >= 0.3 is 0 Å². The summed E-state index contributed by atoms with van der Waals surface area (Å²) in [6.45, 7) is 3.93. The number of carbonyl (C=O) groups excluding carboxylic acids is 1. The highest BCUT2D eigenvalue weighted by Gasteiger charge is 2.15. The normalized spacial score (nSPS) is 12.2. The van der Waals surface area contributed by atoms with Crippen LogP contribution in [0, 0.1) is 6.92 Å². The lowest BCUT2D eigenvalue weighted by Crippen LogP contribution is -2.34. The minimum absolute atomic E-state index is 0.0140. The van der Waals surface area contributed by atoms with Crippen molar-refractivity contribution in [2.24, 2.45) is 0 Å². The zero-order chi connectivity index (χ0) is 14.5. The Morgan fingerprint density at radius 2 is 2.35 bits per heavy atom. The van der Waals surface area contributed by atoms with E-state index < -0.39 is 0 Å². The first-order chi connectivity index (χ1) is 9.60. The molecule has 0 bridgehead atoms. The quantitative estimate of drug-likeness (QED) is 0.828. The summed E-state index contributed by atoms with van der Waals surface area (Å²) in [5.41, 5.74) is 2.59. The second kappa shape index (κ2) is 6.56.